The number of hydrogen-bond donors (Lipinski definition) is 1. The summed E-state index contributed by atoms with van der Waals surface area (Å²) in [6, 6.07) is 1.92. The molecule has 0 spiro atoms. The van der Waals surface area contributed by atoms with E-state index < -0.39 is 11.4 Å². The Labute approximate surface area is 95.9 Å². The predicted molar refractivity (Wildman–Crippen MR) is 61.2 cm³/mol. The summed E-state index contributed by atoms with van der Waals surface area (Å²) in [6.07, 6.45) is 1.65. The Morgan fingerprint density at radius 3 is 2.62 bits per heavy atom. The molecule has 0 aliphatic heterocycles. The van der Waals surface area contributed by atoms with Crippen molar-refractivity contribution in [2.24, 2.45) is 5.41 Å². The molecule has 1 rings (SSSR count). The second-order valence-electron chi connectivity index (χ2n) is 4.86. The van der Waals surface area contributed by atoms with Gasteiger partial charge in [0.15, 0.2) is 0 Å². The first-order valence-electron chi connectivity index (χ1n) is 5.28. The average Bonchev–Trinajstić information content (AvgIpc) is 2.50. The average molecular weight is 225 g/mol. The summed E-state index contributed by atoms with van der Waals surface area (Å²) >= 11 is 0. The van der Waals surface area contributed by atoms with Crippen LogP contribution in [0.15, 0.2) is 16.7 Å². The third kappa shape index (κ3) is 3.10. The Bertz CT molecular complexity index is 368. The zero-order valence-corrected chi connectivity index (χ0v) is 10.3. The summed E-state index contributed by atoms with van der Waals surface area (Å²) in [5, 5.41) is 9.03. The van der Waals surface area contributed by atoms with E-state index in [0.29, 0.717) is 13.1 Å². The van der Waals surface area contributed by atoms with Crippen LogP contribution in [0.2, 0.25) is 0 Å². The maximum atomic E-state index is 11.0. The minimum atomic E-state index is -0.775. The molecule has 0 atom stereocenters. The molecule has 1 heterocycles. The minimum absolute atomic E-state index is 0.507. The fraction of sp³-hybridized carbons (Fsp3) is 0.583. The quantitative estimate of drug-likeness (QED) is 0.834. The smallest absolute Gasteiger partial charge is 0.310 e. The molecule has 4 nitrogen and oxygen atoms in total. The highest BCUT2D eigenvalue weighted by Gasteiger charge is 2.28. The van der Waals surface area contributed by atoms with E-state index in [1.165, 1.54) is 0 Å². The van der Waals surface area contributed by atoms with E-state index in [-0.39, 0.29) is 0 Å². The number of aliphatic carboxylic acids is 1. The monoisotopic (exact) mass is 225 g/mol. The molecular formula is C12H19NO3. The van der Waals surface area contributed by atoms with Crippen molar-refractivity contribution in [3.63, 3.8) is 0 Å². The van der Waals surface area contributed by atoms with Gasteiger partial charge in [0.05, 0.1) is 11.7 Å². The highest BCUT2D eigenvalue weighted by atomic mass is 16.4. The molecule has 0 fully saturated rings. The van der Waals surface area contributed by atoms with Crippen molar-refractivity contribution in [3.8, 4) is 0 Å². The molecule has 4 heteroatoms. The summed E-state index contributed by atoms with van der Waals surface area (Å²) in [4.78, 5) is 13.0. The van der Waals surface area contributed by atoms with Crippen LogP contribution in [0.3, 0.4) is 0 Å². The second-order valence-corrected chi connectivity index (χ2v) is 4.86. The van der Waals surface area contributed by atoms with Gasteiger partial charge in [-0.25, -0.2) is 0 Å². The predicted octanol–water partition coefficient (Wildman–Crippen LogP) is 2.13. The number of hydrogen-bond acceptors (Lipinski definition) is 3. The number of carboxylic acids is 1. The maximum Gasteiger partial charge on any atom is 0.310 e. The van der Waals surface area contributed by atoms with Gasteiger partial charge in [-0.05, 0) is 33.9 Å². The Balaban J connectivity index is 2.58. The lowest BCUT2D eigenvalue weighted by molar-refractivity contribution is -0.147. The van der Waals surface area contributed by atoms with Crippen LogP contribution in [0.1, 0.15) is 25.2 Å². The molecule has 0 saturated carbocycles. The van der Waals surface area contributed by atoms with Crippen molar-refractivity contribution in [2.75, 3.05) is 13.6 Å². The molecule has 1 N–H and O–H groups in total. The van der Waals surface area contributed by atoms with Gasteiger partial charge in [-0.3, -0.25) is 4.79 Å². The molecule has 0 amide bonds. The van der Waals surface area contributed by atoms with Crippen LogP contribution in [0.5, 0.6) is 0 Å². The van der Waals surface area contributed by atoms with Gasteiger partial charge in [0, 0.05) is 18.7 Å². The first-order valence-corrected chi connectivity index (χ1v) is 5.28. The number of rotatable bonds is 5. The third-order valence-corrected chi connectivity index (χ3v) is 2.65. The van der Waals surface area contributed by atoms with Crippen LogP contribution in [0, 0.1) is 12.3 Å². The molecule has 0 aliphatic rings. The molecule has 16 heavy (non-hydrogen) atoms. The van der Waals surface area contributed by atoms with Gasteiger partial charge in [-0.2, -0.15) is 0 Å². The number of carbonyl (C=O) groups is 1. The summed E-state index contributed by atoms with van der Waals surface area (Å²) in [5.74, 6) is 0.114. The first-order chi connectivity index (χ1) is 7.33. The number of aryl methyl sites for hydroxylation is 1. The SMILES string of the molecule is Cc1occc1CN(C)CC(C)(C)C(=O)O. The third-order valence-electron chi connectivity index (χ3n) is 2.65. The second kappa shape index (κ2) is 4.70. The van der Waals surface area contributed by atoms with Crippen molar-refractivity contribution in [1.29, 1.82) is 0 Å². The van der Waals surface area contributed by atoms with Gasteiger partial charge in [0.25, 0.3) is 0 Å². The van der Waals surface area contributed by atoms with E-state index >= 15 is 0 Å². The Hall–Kier alpha value is -1.29. The number of nitrogens with zero attached hydrogens (tertiary/aromatic N) is 1. The molecule has 0 bridgehead atoms. The number of carboxylic acid groups (broad SMARTS) is 1. The highest BCUT2D eigenvalue weighted by Crippen LogP contribution is 2.18. The summed E-state index contributed by atoms with van der Waals surface area (Å²) < 4.78 is 5.20. The summed E-state index contributed by atoms with van der Waals surface area (Å²) in [6.45, 7) is 6.58. The van der Waals surface area contributed by atoms with E-state index in [1.807, 2.05) is 24.9 Å². The van der Waals surface area contributed by atoms with Crippen LogP contribution in [0.4, 0.5) is 0 Å². The van der Waals surface area contributed by atoms with Crippen LogP contribution in [0.25, 0.3) is 0 Å². The minimum Gasteiger partial charge on any atom is -0.481 e. The molecule has 1 aromatic heterocycles. The van der Waals surface area contributed by atoms with Crippen molar-refractivity contribution < 1.29 is 14.3 Å². The fourth-order valence-corrected chi connectivity index (χ4v) is 1.66. The molecule has 90 valence electrons. The Kier molecular flexibility index (Phi) is 3.75. The molecule has 1 aromatic rings. The van der Waals surface area contributed by atoms with E-state index in [9.17, 15) is 4.79 Å². The van der Waals surface area contributed by atoms with Gasteiger partial charge in [-0.1, -0.05) is 0 Å². The standard InChI is InChI=1S/C12H19NO3/c1-9-10(5-6-16-9)7-13(4)8-12(2,3)11(14)15/h5-6H,7-8H2,1-4H3,(H,14,15). The van der Waals surface area contributed by atoms with Crippen molar-refractivity contribution in [1.82, 2.24) is 4.90 Å². The van der Waals surface area contributed by atoms with E-state index in [1.54, 1.807) is 20.1 Å². The lowest BCUT2D eigenvalue weighted by Gasteiger charge is -2.26. The van der Waals surface area contributed by atoms with Gasteiger partial charge in [0.1, 0.15) is 5.76 Å². The van der Waals surface area contributed by atoms with E-state index in [0.717, 1.165) is 11.3 Å². The maximum absolute atomic E-state index is 11.0. The zero-order valence-electron chi connectivity index (χ0n) is 10.3. The summed E-state index contributed by atoms with van der Waals surface area (Å²) in [7, 11) is 1.91. The highest BCUT2D eigenvalue weighted by molar-refractivity contribution is 5.73. The van der Waals surface area contributed by atoms with Crippen LogP contribution in [-0.2, 0) is 11.3 Å². The zero-order chi connectivity index (χ0) is 12.3. The fourth-order valence-electron chi connectivity index (χ4n) is 1.66. The summed E-state index contributed by atoms with van der Waals surface area (Å²) in [5.41, 5.74) is 0.371. The lowest BCUT2D eigenvalue weighted by Crippen LogP contribution is -2.36. The first kappa shape index (κ1) is 12.8. The topological polar surface area (TPSA) is 53.7 Å². The van der Waals surface area contributed by atoms with Crippen LogP contribution < -0.4 is 0 Å². The molecule has 0 aromatic carbocycles. The molecule has 0 unspecified atom stereocenters. The Morgan fingerprint density at radius 2 is 2.19 bits per heavy atom. The van der Waals surface area contributed by atoms with Gasteiger partial charge >= 0.3 is 5.97 Å². The molecule has 0 radical (unpaired) electrons. The molecular weight excluding hydrogens is 206 g/mol. The Morgan fingerprint density at radius 1 is 1.56 bits per heavy atom. The van der Waals surface area contributed by atoms with Crippen molar-refractivity contribution in [2.45, 2.75) is 27.3 Å². The van der Waals surface area contributed by atoms with E-state index in [4.69, 9.17) is 9.52 Å². The molecule has 0 aliphatic carbocycles. The van der Waals surface area contributed by atoms with Crippen LogP contribution >= 0.6 is 0 Å². The van der Waals surface area contributed by atoms with Gasteiger partial charge in [0.2, 0.25) is 0 Å². The largest absolute Gasteiger partial charge is 0.481 e. The van der Waals surface area contributed by atoms with Crippen LogP contribution in [-0.4, -0.2) is 29.6 Å². The van der Waals surface area contributed by atoms with Crippen molar-refractivity contribution in [3.05, 3.63) is 23.7 Å². The van der Waals surface area contributed by atoms with Crippen molar-refractivity contribution >= 4 is 5.97 Å². The van der Waals surface area contributed by atoms with Gasteiger partial charge < -0.3 is 14.4 Å². The lowest BCUT2D eigenvalue weighted by atomic mass is 9.93. The van der Waals surface area contributed by atoms with Gasteiger partial charge in [-0.15, -0.1) is 0 Å². The molecule has 0 saturated heterocycles. The normalized spacial score (nSPS) is 12.1. The number of furan rings is 1. The van der Waals surface area contributed by atoms with E-state index in [2.05, 4.69) is 0 Å².